The van der Waals surface area contributed by atoms with Crippen molar-refractivity contribution in [1.82, 2.24) is 19.6 Å². The first-order valence-corrected chi connectivity index (χ1v) is 12.1. The summed E-state index contributed by atoms with van der Waals surface area (Å²) < 4.78 is 5.62. The van der Waals surface area contributed by atoms with Crippen LogP contribution in [0.25, 0.3) is 6.08 Å². The van der Waals surface area contributed by atoms with Gasteiger partial charge in [-0.25, -0.2) is 0 Å². The van der Waals surface area contributed by atoms with Crippen LogP contribution in [0.2, 0.25) is 0 Å². The van der Waals surface area contributed by atoms with Crippen LogP contribution in [-0.4, -0.2) is 103 Å². The molecule has 1 aromatic rings. The van der Waals surface area contributed by atoms with E-state index in [-0.39, 0.29) is 11.8 Å². The zero-order valence-corrected chi connectivity index (χ0v) is 19.2. The maximum atomic E-state index is 12.7. The minimum atomic E-state index is 0.00870. The molecule has 0 unspecified atom stereocenters. The van der Waals surface area contributed by atoms with Crippen molar-refractivity contribution < 1.29 is 14.3 Å². The van der Waals surface area contributed by atoms with Crippen LogP contribution in [0.15, 0.2) is 30.3 Å². The van der Waals surface area contributed by atoms with Gasteiger partial charge in [-0.05, 0) is 31.9 Å². The van der Waals surface area contributed by atoms with E-state index in [1.807, 2.05) is 47.1 Å². The highest BCUT2D eigenvalue weighted by atomic mass is 16.5. The van der Waals surface area contributed by atoms with Crippen LogP contribution in [0.1, 0.15) is 31.7 Å². The molecule has 174 valence electrons. The summed E-state index contributed by atoms with van der Waals surface area (Å²) in [7, 11) is 0. The van der Waals surface area contributed by atoms with Gasteiger partial charge in [0.2, 0.25) is 11.8 Å². The molecule has 2 amide bonds. The van der Waals surface area contributed by atoms with Gasteiger partial charge in [0.25, 0.3) is 0 Å². The van der Waals surface area contributed by atoms with Crippen molar-refractivity contribution in [2.45, 2.75) is 32.2 Å². The number of hydrogen-bond donors (Lipinski definition) is 0. The fourth-order valence-corrected chi connectivity index (χ4v) is 4.68. The van der Waals surface area contributed by atoms with Crippen LogP contribution in [-0.2, 0) is 9.59 Å². The van der Waals surface area contributed by atoms with Crippen LogP contribution in [0.5, 0.6) is 5.75 Å². The number of benzene rings is 1. The number of para-hydroxylation sites is 1. The van der Waals surface area contributed by atoms with E-state index in [1.165, 1.54) is 19.3 Å². The molecular formula is C25H36N4O3. The zero-order chi connectivity index (χ0) is 22.3. The predicted molar refractivity (Wildman–Crippen MR) is 125 cm³/mol. The van der Waals surface area contributed by atoms with Gasteiger partial charge < -0.3 is 14.5 Å². The normalized spacial score (nSPS) is 21.0. The van der Waals surface area contributed by atoms with Gasteiger partial charge in [-0.2, -0.15) is 0 Å². The lowest BCUT2D eigenvalue weighted by Crippen LogP contribution is -2.56. The molecule has 4 rings (SSSR count). The summed E-state index contributed by atoms with van der Waals surface area (Å²) in [5.41, 5.74) is 0.907. The molecule has 0 atom stereocenters. The van der Waals surface area contributed by atoms with E-state index in [9.17, 15) is 9.59 Å². The molecule has 3 aliphatic rings. The summed E-state index contributed by atoms with van der Waals surface area (Å²) in [6.07, 6.45) is 7.46. The number of amides is 2. The summed E-state index contributed by atoms with van der Waals surface area (Å²) in [4.78, 5) is 34.0. The van der Waals surface area contributed by atoms with Gasteiger partial charge in [-0.3, -0.25) is 19.4 Å². The highest BCUT2D eigenvalue weighted by molar-refractivity contribution is 5.92. The van der Waals surface area contributed by atoms with Crippen LogP contribution < -0.4 is 4.74 Å². The van der Waals surface area contributed by atoms with Gasteiger partial charge in [0.1, 0.15) is 5.75 Å². The Balaban J connectivity index is 1.19. The monoisotopic (exact) mass is 440 g/mol. The van der Waals surface area contributed by atoms with E-state index >= 15 is 0 Å². The van der Waals surface area contributed by atoms with Crippen LogP contribution in [0.4, 0.5) is 0 Å². The molecule has 7 heteroatoms. The van der Waals surface area contributed by atoms with Crippen LogP contribution in [0, 0.1) is 0 Å². The van der Waals surface area contributed by atoms with Crippen LogP contribution >= 0.6 is 0 Å². The quantitative estimate of drug-likeness (QED) is 0.607. The average Bonchev–Trinajstić information content (AvgIpc) is 2.78. The lowest BCUT2D eigenvalue weighted by atomic mass is 9.91. The number of piperazine rings is 2. The Bertz CT molecular complexity index is 807. The third kappa shape index (κ3) is 5.70. The highest BCUT2D eigenvalue weighted by Gasteiger charge is 2.30. The van der Waals surface area contributed by atoms with Gasteiger partial charge in [0.05, 0.1) is 13.2 Å². The van der Waals surface area contributed by atoms with E-state index in [2.05, 4.69) is 9.80 Å². The molecule has 0 radical (unpaired) electrons. The fourth-order valence-electron chi connectivity index (χ4n) is 4.68. The average molecular weight is 441 g/mol. The highest BCUT2D eigenvalue weighted by Crippen LogP contribution is 2.25. The van der Waals surface area contributed by atoms with Gasteiger partial charge >= 0.3 is 0 Å². The second-order valence-corrected chi connectivity index (χ2v) is 8.91. The Kier molecular flexibility index (Phi) is 7.81. The van der Waals surface area contributed by atoms with Crippen molar-refractivity contribution in [2.24, 2.45) is 0 Å². The van der Waals surface area contributed by atoms with Crippen molar-refractivity contribution in [3.05, 3.63) is 35.9 Å². The molecule has 1 aliphatic carbocycles. The topological polar surface area (TPSA) is 56.3 Å². The number of ether oxygens (including phenoxy) is 1. The standard InChI is InChI=1S/C25H36N4O3/c1-2-32-23-9-4-3-6-21(23)10-11-24(30)28-14-12-26(13-15-28)20-25(31)29-18-16-27(17-19-29)22-7-5-8-22/h3-4,6,9-11,22H,2,5,7-8,12-20H2,1H3/b11-10+. The molecule has 7 nitrogen and oxygen atoms in total. The predicted octanol–water partition coefficient (Wildman–Crippen LogP) is 1.94. The lowest BCUT2D eigenvalue weighted by molar-refractivity contribution is -0.135. The molecule has 3 fully saturated rings. The molecule has 0 aromatic heterocycles. The molecule has 1 saturated carbocycles. The van der Waals surface area contributed by atoms with Gasteiger partial charge in [-0.15, -0.1) is 0 Å². The molecule has 2 aliphatic heterocycles. The molecule has 0 bridgehead atoms. The SMILES string of the molecule is CCOc1ccccc1/C=C/C(=O)N1CCN(CC(=O)N2CCN(C3CCC3)CC2)CC1. The second kappa shape index (κ2) is 11.0. The molecule has 2 saturated heterocycles. The molecule has 32 heavy (non-hydrogen) atoms. The smallest absolute Gasteiger partial charge is 0.246 e. The first kappa shape index (κ1) is 22.8. The second-order valence-electron chi connectivity index (χ2n) is 8.91. The summed E-state index contributed by atoms with van der Waals surface area (Å²) in [6.45, 7) is 9.51. The Morgan fingerprint density at radius 3 is 2.31 bits per heavy atom. The Labute approximate surface area is 191 Å². The molecule has 0 spiro atoms. The third-order valence-corrected chi connectivity index (χ3v) is 6.93. The number of rotatable bonds is 7. The molecule has 0 N–H and O–H groups in total. The summed E-state index contributed by atoms with van der Waals surface area (Å²) in [5, 5.41) is 0. The maximum absolute atomic E-state index is 12.7. The number of carbonyl (C=O) groups is 2. The van der Waals surface area contributed by atoms with Crippen molar-refractivity contribution in [3.63, 3.8) is 0 Å². The van der Waals surface area contributed by atoms with Gasteiger partial charge in [0.15, 0.2) is 0 Å². The third-order valence-electron chi connectivity index (χ3n) is 6.93. The summed E-state index contributed by atoms with van der Waals surface area (Å²) in [6, 6.07) is 8.50. The van der Waals surface area contributed by atoms with Crippen molar-refractivity contribution in [3.8, 4) is 5.75 Å². The summed E-state index contributed by atoms with van der Waals surface area (Å²) >= 11 is 0. The van der Waals surface area contributed by atoms with Crippen LogP contribution in [0.3, 0.4) is 0 Å². The number of nitrogens with zero attached hydrogens (tertiary/aromatic N) is 4. The van der Waals surface area contributed by atoms with E-state index in [0.717, 1.165) is 56.6 Å². The Morgan fingerprint density at radius 2 is 1.66 bits per heavy atom. The number of carbonyl (C=O) groups excluding carboxylic acids is 2. The Morgan fingerprint density at radius 1 is 0.969 bits per heavy atom. The van der Waals surface area contributed by atoms with E-state index in [0.29, 0.717) is 26.2 Å². The Hall–Kier alpha value is -2.38. The van der Waals surface area contributed by atoms with Gasteiger partial charge in [0, 0.05) is 70.0 Å². The maximum Gasteiger partial charge on any atom is 0.246 e. The molecule has 1 aromatic carbocycles. The van der Waals surface area contributed by atoms with E-state index < -0.39 is 0 Å². The largest absolute Gasteiger partial charge is 0.493 e. The number of hydrogen-bond acceptors (Lipinski definition) is 5. The first-order valence-electron chi connectivity index (χ1n) is 12.1. The van der Waals surface area contributed by atoms with Crippen molar-refractivity contribution in [2.75, 3.05) is 65.5 Å². The lowest BCUT2D eigenvalue weighted by Gasteiger charge is -2.43. The van der Waals surface area contributed by atoms with Crippen molar-refractivity contribution >= 4 is 17.9 Å². The minimum Gasteiger partial charge on any atom is -0.493 e. The molecule has 2 heterocycles. The molecular weight excluding hydrogens is 404 g/mol. The van der Waals surface area contributed by atoms with E-state index in [4.69, 9.17) is 4.74 Å². The summed E-state index contributed by atoms with van der Waals surface area (Å²) in [5.74, 6) is 1.02. The van der Waals surface area contributed by atoms with Crippen molar-refractivity contribution in [1.29, 1.82) is 0 Å². The minimum absolute atomic E-state index is 0.00870. The van der Waals surface area contributed by atoms with Gasteiger partial charge in [-0.1, -0.05) is 24.6 Å². The fraction of sp³-hybridized carbons (Fsp3) is 0.600. The zero-order valence-electron chi connectivity index (χ0n) is 19.2. The first-order chi connectivity index (χ1) is 15.6. The van der Waals surface area contributed by atoms with E-state index in [1.54, 1.807) is 6.08 Å².